The van der Waals surface area contributed by atoms with Crippen LogP contribution >= 0.6 is 0 Å². The Balaban J connectivity index is 1.45. The number of hydrogen-bond donors (Lipinski definition) is 2. The Labute approximate surface area is 199 Å². The molecule has 1 saturated heterocycles. The van der Waals surface area contributed by atoms with Crippen LogP contribution in [0.5, 0.6) is 0 Å². The molecule has 2 atom stereocenters. The van der Waals surface area contributed by atoms with E-state index >= 15 is 0 Å². The summed E-state index contributed by atoms with van der Waals surface area (Å²) in [5.74, 6) is -1.49. The molecule has 2 N–H and O–H groups in total. The number of nitrogens with one attached hydrogen (secondary N) is 1. The Bertz CT molecular complexity index is 1020. The molecule has 1 heterocycles. The van der Waals surface area contributed by atoms with Gasteiger partial charge in [-0.15, -0.1) is 0 Å². The molecule has 1 fully saturated rings. The third kappa shape index (κ3) is 4.92. The van der Waals surface area contributed by atoms with Crippen LogP contribution in [0.3, 0.4) is 0 Å². The third-order valence-corrected chi connectivity index (χ3v) is 6.55. The van der Waals surface area contributed by atoms with Gasteiger partial charge in [0.15, 0.2) is 0 Å². The minimum atomic E-state index is -1.02. The van der Waals surface area contributed by atoms with Gasteiger partial charge in [-0.2, -0.15) is 0 Å². The molecule has 2 aromatic carbocycles. The summed E-state index contributed by atoms with van der Waals surface area (Å²) in [5.41, 5.74) is 4.49. The zero-order valence-electron chi connectivity index (χ0n) is 19.6. The van der Waals surface area contributed by atoms with E-state index in [2.05, 4.69) is 17.4 Å². The normalized spacial score (nSPS) is 18.2. The van der Waals surface area contributed by atoms with Crippen molar-refractivity contribution in [1.29, 1.82) is 0 Å². The molecule has 4 rings (SSSR count). The van der Waals surface area contributed by atoms with Crippen LogP contribution in [0.15, 0.2) is 48.5 Å². The number of benzene rings is 2. The number of amides is 2. The predicted molar refractivity (Wildman–Crippen MR) is 128 cm³/mol. The molecule has 2 aliphatic rings. The van der Waals surface area contributed by atoms with Gasteiger partial charge in [0.2, 0.25) is 5.91 Å². The molecule has 180 valence electrons. The van der Waals surface area contributed by atoms with Gasteiger partial charge in [0, 0.05) is 19.0 Å². The van der Waals surface area contributed by atoms with Gasteiger partial charge in [0.1, 0.15) is 18.7 Å². The second kappa shape index (κ2) is 10.3. The molecule has 2 aromatic rings. The highest BCUT2D eigenvalue weighted by Crippen LogP contribution is 2.44. The fourth-order valence-electron chi connectivity index (χ4n) is 4.99. The highest BCUT2D eigenvalue weighted by molar-refractivity contribution is 5.89. The molecule has 0 bridgehead atoms. The first-order valence-corrected chi connectivity index (χ1v) is 11.7. The van der Waals surface area contributed by atoms with Gasteiger partial charge in [-0.05, 0) is 55.6 Å². The first kappa shape index (κ1) is 23.8. The molecule has 0 aromatic heterocycles. The van der Waals surface area contributed by atoms with Gasteiger partial charge in [-0.3, -0.25) is 4.79 Å². The van der Waals surface area contributed by atoms with Crippen molar-refractivity contribution < 1.29 is 24.2 Å². The van der Waals surface area contributed by atoms with E-state index in [1.807, 2.05) is 36.4 Å². The second-order valence-corrected chi connectivity index (χ2v) is 9.17. The topological polar surface area (TPSA) is 99.2 Å². The van der Waals surface area contributed by atoms with Crippen molar-refractivity contribution in [2.45, 2.75) is 37.3 Å². The highest BCUT2D eigenvalue weighted by Gasteiger charge is 2.37. The molecule has 1 unspecified atom stereocenters. The smallest absolute Gasteiger partial charge is 0.407 e. The van der Waals surface area contributed by atoms with Crippen molar-refractivity contribution >= 4 is 18.0 Å². The Morgan fingerprint density at radius 1 is 1.06 bits per heavy atom. The average Bonchev–Trinajstić information content (AvgIpc) is 3.15. The number of carboxylic acids is 1. The van der Waals surface area contributed by atoms with E-state index in [9.17, 15) is 19.5 Å². The first-order valence-electron chi connectivity index (χ1n) is 11.7. The Hall–Kier alpha value is -3.39. The maximum Gasteiger partial charge on any atom is 0.407 e. The SMILES string of the molecule is CN(C)CC(NC(=O)OCC1c2ccccc2-c2ccccc21)C(=O)N1CCCC[C@H]1C(=O)O. The summed E-state index contributed by atoms with van der Waals surface area (Å²) < 4.78 is 5.61. The van der Waals surface area contributed by atoms with Crippen LogP contribution in [0.1, 0.15) is 36.3 Å². The van der Waals surface area contributed by atoms with E-state index in [1.165, 1.54) is 4.90 Å². The van der Waals surface area contributed by atoms with Crippen molar-refractivity contribution in [2.75, 3.05) is 33.8 Å². The number of ether oxygens (including phenoxy) is 1. The molecule has 1 aliphatic heterocycles. The molecular weight excluding hydrogens is 434 g/mol. The fourth-order valence-corrected chi connectivity index (χ4v) is 4.99. The van der Waals surface area contributed by atoms with Gasteiger partial charge >= 0.3 is 12.1 Å². The Morgan fingerprint density at radius 2 is 1.68 bits per heavy atom. The number of nitrogens with zero attached hydrogens (tertiary/aromatic N) is 2. The monoisotopic (exact) mass is 465 g/mol. The van der Waals surface area contributed by atoms with E-state index in [-0.39, 0.29) is 19.1 Å². The maximum absolute atomic E-state index is 13.2. The molecule has 8 nitrogen and oxygen atoms in total. The average molecular weight is 466 g/mol. The lowest BCUT2D eigenvalue weighted by Gasteiger charge is -2.36. The van der Waals surface area contributed by atoms with Gasteiger partial charge in [-0.1, -0.05) is 48.5 Å². The molecular formula is C26H31N3O5. The maximum atomic E-state index is 13.2. The number of hydrogen-bond acceptors (Lipinski definition) is 5. The van der Waals surface area contributed by atoms with Crippen molar-refractivity contribution in [1.82, 2.24) is 15.1 Å². The number of carbonyl (C=O) groups excluding carboxylic acids is 2. The number of alkyl carbamates (subject to hydrolysis) is 1. The molecule has 8 heteroatoms. The number of aliphatic carboxylic acids is 1. The second-order valence-electron chi connectivity index (χ2n) is 9.17. The van der Waals surface area contributed by atoms with Crippen LogP contribution in [0, 0.1) is 0 Å². The minimum Gasteiger partial charge on any atom is -0.480 e. The van der Waals surface area contributed by atoms with Gasteiger partial charge in [-0.25, -0.2) is 9.59 Å². The predicted octanol–water partition coefficient (Wildman–Crippen LogP) is 2.92. The van der Waals surface area contributed by atoms with Crippen LogP contribution in [0.4, 0.5) is 4.79 Å². The molecule has 2 amide bonds. The molecule has 0 spiro atoms. The summed E-state index contributed by atoms with van der Waals surface area (Å²) >= 11 is 0. The van der Waals surface area contributed by atoms with Crippen molar-refractivity contribution in [3.63, 3.8) is 0 Å². The molecule has 34 heavy (non-hydrogen) atoms. The zero-order chi connectivity index (χ0) is 24.2. The number of rotatable bonds is 7. The standard InChI is InChI=1S/C26H31N3O5/c1-28(2)15-22(24(30)29-14-8-7-13-23(29)25(31)32)27-26(33)34-16-21-19-11-5-3-9-17(19)18-10-4-6-12-20(18)21/h3-6,9-12,21-23H,7-8,13-16H2,1-2H3,(H,27,33)(H,31,32)/t22?,23-/m0/s1. The summed E-state index contributed by atoms with van der Waals surface area (Å²) in [6.45, 7) is 0.752. The number of likely N-dealkylation sites (N-methyl/N-ethyl adjacent to an activating group) is 1. The van der Waals surface area contributed by atoms with E-state index in [0.29, 0.717) is 13.0 Å². The molecule has 0 radical (unpaired) electrons. The third-order valence-electron chi connectivity index (χ3n) is 6.55. The van der Waals surface area contributed by atoms with Gasteiger partial charge in [0.25, 0.3) is 0 Å². The number of carboxylic acid groups (broad SMARTS) is 1. The first-order chi connectivity index (χ1) is 16.4. The summed E-state index contributed by atoms with van der Waals surface area (Å²) in [6, 6.07) is 14.4. The molecule has 0 saturated carbocycles. The van der Waals surface area contributed by atoms with E-state index in [0.717, 1.165) is 35.1 Å². The van der Waals surface area contributed by atoms with E-state index in [4.69, 9.17) is 4.74 Å². The lowest BCUT2D eigenvalue weighted by atomic mass is 9.98. The fraction of sp³-hybridized carbons (Fsp3) is 0.423. The summed E-state index contributed by atoms with van der Waals surface area (Å²) in [4.78, 5) is 40.9. The van der Waals surface area contributed by atoms with Crippen molar-refractivity contribution in [3.05, 3.63) is 59.7 Å². The van der Waals surface area contributed by atoms with Gasteiger partial charge < -0.3 is 25.0 Å². The summed E-state index contributed by atoms with van der Waals surface area (Å²) in [5, 5.41) is 12.2. The van der Waals surface area contributed by atoms with Crippen molar-refractivity contribution in [2.24, 2.45) is 0 Å². The number of likely N-dealkylation sites (tertiary alicyclic amines) is 1. The van der Waals surface area contributed by atoms with Crippen LogP contribution < -0.4 is 5.32 Å². The van der Waals surface area contributed by atoms with E-state index < -0.39 is 30.1 Å². The quantitative estimate of drug-likeness (QED) is 0.652. The largest absolute Gasteiger partial charge is 0.480 e. The minimum absolute atomic E-state index is 0.0837. The van der Waals surface area contributed by atoms with Crippen LogP contribution in [0.2, 0.25) is 0 Å². The van der Waals surface area contributed by atoms with Gasteiger partial charge in [0.05, 0.1) is 0 Å². The number of piperidine rings is 1. The Kier molecular flexibility index (Phi) is 7.17. The zero-order valence-corrected chi connectivity index (χ0v) is 19.6. The lowest BCUT2D eigenvalue weighted by Crippen LogP contribution is -2.58. The number of fused-ring (bicyclic) bond motifs is 3. The van der Waals surface area contributed by atoms with Crippen molar-refractivity contribution in [3.8, 4) is 11.1 Å². The Morgan fingerprint density at radius 3 is 2.26 bits per heavy atom. The number of carbonyl (C=O) groups is 3. The van der Waals surface area contributed by atoms with E-state index in [1.54, 1.807) is 19.0 Å². The van der Waals surface area contributed by atoms with Crippen LogP contribution in [0.25, 0.3) is 11.1 Å². The van der Waals surface area contributed by atoms with Crippen LogP contribution in [-0.2, 0) is 14.3 Å². The van der Waals surface area contributed by atoms with Crippen LogP contribution in [-0.4, -0.2) is 78.8 Å². The summed E-state index contributed by atoms with van der Waals surface area (Å²) in [7, 11) is 3.59. The lowest BCUT2D eigenvalue weighted by molar-refractivity contribution is -0.153. The highest BCUT2D eigenvalue weighted by atomic mass is 16.5. The molecule has 1 aliphatic carbocycles. The summed E-state index contributed by atoms with van der Waals surface area (Å²) in [6.07, 6.45) is 1.24.